The third-order valence-electron chi connectivity index (χ3n) is 1.34. The largest absolute Gasteiger partial charge is 0.398 e. The summed E-state index contributed by atoms with van der Waals surface area (Å²) in [5.74, 6) is -0.535. The molecule has 0 saturated heterocycles. The molecule has 1 rings (SSSR count). The van der Waals surface area contributed by atoms with Gasteiger partial charge in [0.15, 0.2) is 0 Å². The lowest BCUT2D eigenvalue weighted by Gasteiger charge is -2.01. The Hall–Kier alpha value is -0.800. The van der Waals surface area contributed by atoms with Crippen molar-refractivity contribution in [1.82, 2.24) is 0 Å². The molecule has 2 nitrogen and oxygen atoms in total. The van der Waals surface area contributed by atoms with Crippen molar-refractivity contribution >= 4 is 17.3 Å². The van der Waals surface area contributed by atoms with Gasteiger partial charge in [0.2, 0.25) is 0 Å². The average molecular weight is 176 g/mol. The van der Waals surface area contributed by atoms with Gasteiger partial charge in [-0.2, -0.15) is 0 Å². The highest BCUT2D eigenvalue weighted by atomic mass is 35.5. The van der Waals surface area contributed by atoms with Crippen LogP contribution < -0.4 is 5.73 Å². The lowest BCUT2D eigenvalue weighted by atomic mass is 10.2. The summed E-state index contributed by atoms with van der Waals surface area (Å²) in [6.07, 6.45) is 0. The molecule has 0 aromatic heterocycles. The van der Waals surface area contributed by atoms with Crippen molar-refractivity contribution in [3.63, 3.8) is 0 Å². The fourth-order valence-electron chi connectivity index (χ4n) is 0.734. The molecule has 4 heteroatoms. The standard InChI is InChI=1S/C7H7ClFNO/c8-5-2-6(9)4(3-11)1-7(5)10/h1-2,11H,3,10H2. The number of benzene rings is 1. The monoisotopic (exact) mass is 175 g/mol. The van der Waals surface area contributed by atoms with Gasteiger partial charge in [-0.15, -0.1) is 0 Å². The Bertz CT molecular complexity index is 277. The zero-order chi connectivity index (χ0) is 8.43. The minimum Gasteiger partial charge on any atom is -0.398 e. The Morgan fingerprint density at radius 2 is 2.18 bits per heavy atom. The second kappa shape index (κ2) is 3.07. The van der Waals surface area contributed by atoms with Gasteiger partial charge in [0.1, 0.15) is 5.82 Å². The van der Waals surface area contributed by atoms with Gasteiger partial charge in [0.05, 0.1) is 17.3 Å². The van der Waals surface area contributed by atoms with E-state index >= 15 is 0 Å². The quantitative estimate of drug-likeness (QED) is 0.637. The van der Waals surface area contributed by atoms with Crippen LogP contribution in [0, 0.1) is 5.82 Å². The Morgan fingerprint density at radius 1 is 1.55 bits per heavy atom. The van der Waals surface area contributed by atoms with Crippen LogP contribution in [0.15, 0.2) is 12.1 Å². The van der Waals surface area contributed by atoms with E-state index in [0.717, 1.165) is 6.07 Å². The van der Waals surface area contributed by atoms with Gasteiger partial charge in [0, 0.05) is 5.56 Å². The Kier molecular flexibility index (Phi) is 2.31. The molecule has 0 fully saturated rings. The third-order valence-corrected chi connectivity index (χ3v) is 1.66. The van der Waals surface area contributed by atoms with Crippen LogP contribution in [0.3, 0.4) is 0 Å². The number of hydrogen-bond donors (Lipinski definition) is 2. The molecule has 0 aliphatic carbocycles. The molecular formula is C7H7ClFNO. The first-order valence-corrected chi connectivity index (χ1v) is 3.37. The fourth-order valence-corrected chi connectivity index (χ4v) is 0.884. The maximum absolute atomic E-state index is 12.7. The van der Waals surface area contributed by atoms with Crippen molar-refractivity contribution in [3.8, 4) is 0 Å². The molecule has 0 unspecified atom stereocenters. The number of aliphatic hydroxyl groups is 1. The lowest BCUT2D eigenvalue weighted by molar-refractivity contribution is 0.276. The predicted molar refractivity (Wildman–Crippen MR) is 41.7 cm³/mol. The van der Waals surface area contributed by atoms with Crippen LogP contribution in [0.4, 0.5) is 10.1 Å². The molecule has 0 amide bonds. The molecule has 0 bridgehead atoms. The van der Waals surface area contributed by atoms with Crippen LogP contribution >= 0.6 is 11.6 Å². The maximum atomic E-state index is 12.7. The molecule has 1 aromatic carbocycles. The van der Waals surface area contributed by atoms with Crippen LogP contribution in [-0.2, 0) is 6.61 Å². The van der Waals surface area contributed by atoms with Crippen molar-refractivity contribution in [2.45, 2.75) is 6.61 Å². The van der Waals surface area contributed by atoms with Crippen molar-refractivity contribution in [2.75, 3.05) is 5.73 Å². The molecule has 0 atom stereocenters. The van der Waals surface area contributed by atoms with Crippen molar-refractivity contribution in [1.29, 1.82) is 0 Å². The Morgan fingerprint density at radius 3 is 2.73 bits per heavy atom. The molecule has 0 aliphatic heterocycles. The van der Waals surface area contributed by atoms with Crippen molar-refractivity contribution in [2.24, 2.45) is 0 Å². The van der Waals surface area contributed by atoms with E-state index in [1.807, 2.05) is 0 Å². The van der Waals surface area contributed by atoms with Gasteiger partial charge < -0.3 is 10.8 Å². The van der Waals surface area contributed by atoms with Crippen LogP contribution in [0.2, 0.25) is 5.02 Å². The molecule has 0 spiro atoms. The topological polar surface area (TPSA) is 46.2 Å². The third kappa shape index (κ3) is 1.61. The van der Waals surface area contributed by atoms with Gasteiger partial charge >= 0.3 is 0 Å². The molecule has 3 N–H and O–H groups in total. The van der Waals surface area contributed by atoms with E-state index in [0.29, 0.717) is 0 Å². The second-order valence-corrected chi connectivity index (χ2v) is 2.53. The SMILES string of the molecule is Nc1cc(CO)c(F)cc1Cl. The number of aliphatic hydroxyl groups excluding tert-OH is 1. The first-order valence-electron chi connectivity index (χ1n) is 2.99. The molecule has 0 saturated carbocycles. The molecule has 60 valence electrons. The molecular weight excluding hydrogens is 169 g/mol. The summed E-state index contributed by atoms with van der Waals surface area (Å²) in [4.78, 5) is 0. The van der Waals surface area contributed by atoms with Crippen LogP contribution in [0.25, 0.3) is 0 Å². The van der Waals surface area contributed by atoms with Gasteiger partial charge in [0.25, 0.3) is 0 Å². The highest BCUT2D eigenvalue weighted by Gasteiger charge is 2.04. The molecule has 11 heavy (non-hydrogen) atoms. The van der Waals surface area contributed by atoms with E-state index in [1.165, 1.54) is 6.07 Å². The lowest BCUT2D eigenvalue weighted by Crippen LogP contribution is -1.94. The summed E-state index contributed by atoms with van der Waals surface area (Å²) in [6, 6.07) is 2.40. The van der Waals surface area contributed by atoms with Gasteiger partial charge in [-0.1, -0.05) is 11.6 Å². The summed E-state index contributed by atoms with van der Waals surface area (Å²) in [5, 5.41) is 8.76. The van der Waals surface area contributed by atoms with Gasteiger partial charge in [-0.25, -0.2) is 4.39 Å². The predicted octanol–water partition coefficient (Wildman–Crippen LogP) is 1.55. The highest BCUT2D eigenvalue weighted by molar-refractivity contribution is 6.33. The Labute approximate surface area is 68.4 Å². The van der Waals surface area contributed by atoms with E-state index in [1.54, 1.807) is 0 Å². The summed E-state index contributed by atoms with van der Waals surface area (Å²) >= 11 is 5.50. The van der Waals surface area contributed by atoms with Crippen molar-refractivity contribution in [3.05, 3.63) is 28.5 Å². The van der Waals surface area contributed by atoms with E-state index in [-0.39, 0.29) is 22.9 Å². The highest BCUT2D eigenvalue weighted by Crippen LogP contribution is 2.22. The van der Waals surface area contributed by atoms with Crippen molar-refractivity contribution < 1.29 is 9.50 Å². The zero-order valence-corrected chi connectivity index (χ0v) is 6.40. The van der Waals surface area contributed by atoms with E-state index in [9.17, 15) is 4.39 Å². The first-order chi connectivity index (χ1) is 5.15. The molecule has 0 radical (unpaired) electrons. The maximum Gasteiger partial charge on any atom is 0.130 e. The van der Waals surface area contributed by atoms with Gasteiger partial charge in [-0.3, -0.25) is 0 Å². The number of nitrogen functional groups attached to an aromatic ring is 1. The number of nitrogens with two attached hydrogens (primary N) is 1. The summed E-state index contributed by atoms with van der Waals surface area (Å²) in [6.45, 7) is -0.368. The first kappa shape index (κ1) is 8.30. The van der Waals surface area contributed by atoms with E-state index in [4.69, 9.17) is 22.4 Å². The summed E-state index contributed by atoms with van der Waals surface area (Å²) in [5.41, 5.74) is 5.79. The number of hydrogen-bond acceptors (Lipinski definition) is 2. The minimum absolute atomic E-state index is 0.159. The Balaban J connectivity index is 3.21. The summed E-state index contributed by atoms with van der Waals surface area (Å²) in [7, 11) is 0. The number of anilines is 1. The summed E-state index contributed by atoms with van der Waals surface area (Å²) < 4.78 is 12.7. The van der Waals surface area contributed by atoms with E-state index in [2.05, 4.69) is 0 Å². The second-order valence-electron chi connectivity index (χ2n) is 2.12. The number of halogens is 2. The van der Waals surface area contributed by atoms with Gasteiger partial charge in [-0.05, 0) is 12.1 Å². The van der Waals surface area contributed by atoms with E-state index < -0.39 is 5.82 Å². The minimum atomic E-state index is -0.535. The fraction of sp³-hybridized carbons (Fsp3) is 0.143. The zero-order valence-electron chi connectivity index (χ0n) is 5.64. The molecule has 1 aromatic rings. The van der Waals surface area contributed by atoms with Crippen LogP contribution in [-0.4, -0.2) is 5.11 Å². The van der Waals surface area contributed by atoms with Crippen LogP contribution in [0.1, 0.15) is 5.56 Å². The van der Waals surface area contributed by atoms with Crippen LogP contribution in [0.5, 0.6) is 0 Å². The number of rotatable bonds is 1. The molecule has 0 heterocycles. The smallest absolute Gasteiger partial charge is 0.130 e. The average Bonchev–Trinajstić information content (AvgIpc) is 1.97. The normalized spacial score (nSPS) is 10.1. The molecule has 0 aliphatic rings.